The number of aromatic nitrogens is 2. The summed E-state index contributed by atoms with van der Waals surface area (Å²) in [5, 5.41) is 35.7. The minimum absolute atomic E-state index is 0.121. The Hall–Kier alpha value is -3.48. The molecule has 0 saturated heterocycles. The van der Waals surface area contributed by atoms with Crippen LogP contribution < -0.4 is 16.0 Å². The van der Waals surface area contributed by atoms with Crippen LogP contribution in [0.25, 0.3) is 0 Å². The molecule has 2 amide bonds. The smallest absolute Gasteiger partial charge is 0.325 e. The molecule has 0 saturated carbocycles. The average Bonchev–Trinajstić information content (AvgIpc) is 3.18. The molecule has 1 rings (SSSR count). The predicted octanol–water partition coefficient (Wildman–Crippen LogP) is 0.763. The minimum Gasteiger partial charge on any atom is -0.481 e. The zero-order valence-electron chi connectivity index (χ0n) is 22.9. The lowest BCUT2D eigenvalue weighted by Crippen LogP contribution is -2.57. The first-order chi connectivity index (χ1) is 17.7. The van der Waals surface area contributed by atoms with E-state index in [4.69, 9.17) is 10.2 Å². The third-order valence-electron chi connectivity index (χ3n) is 6.64. The van der Waals surface area contributed by atoms with Crippen LogP contribution in [-0.2, 0) is 44.0 Å². The van der Waals surface area contributed by atoms with E-state index >= 15 is 0 Å². The number of imidazole rings is 1. The fourth-order valence-corrected chi connectivity index (χ4v) is 3.87. The second-order valence-corrected chi connectivity index (χ2v) is 9.94. The lowest BCUT2D eigenvalue weighted by Gasteiger charge is -2.28. The Balaban J connectivity index is 2.90. The maximum atomic E-state index is 13.2. The summed E-state index contributed by atoms with van der Waals surface area (Å²) >= 11 is 0. The fourth-order valence-electron chi connectivity index (χ4n) is 3.87. The monoisotopic (exact) mass is 539 g/mol. The molecule has 1 aromatic rings. The SMILES string of the molecule is CC[C@H](C)[C@H](NC(=O)[C@@H](NCc1cnc(CCC(CC(=O)O)C(=O)O)n1C)C(C)C)C(=O)N[C@@H](C)C(=O)O. The third kappa shape index (κ3) is 9.77. The van der Waals surface area contributed by atoms with Crippen LogP contribution in [0, 0.1) is 17.8 Å². The van der Waals surface area contributed by atoms with E-state index in [0.29, 0.717) is 12.2 Å². The number of carboxylic acids is 3. The molecule has 5 atom stereocenters. The number of rotatable bonds is 17. The van der Waals surface area contributed by atoms with Crippen molar-refractivity contribution in [3.63, 3.8) is 0 Å². The first-order valence-corrected chi connectivity index (χ1v) is 12.7. The van der Waals surface area contributed by atoms with E-state index in [-0.39, 0.29) is 31.2 Å². The van der Waals surface area contributed by atoms with Crippen molar-refractivity contribution in [1.82, 2.24) is 25.5 Å². The van der Waals surface area contributed by atoms with Crippen LogP contribution in [0.15, 0.2) is 6.20 Å². The molecule has 13 heteroatoms. The van der Waals surface area contributed by atoms with Crippen LogP contribution in [0.3, 0.4) is 0 Å². The standard InChI is InChI=1S/C25H41N5O8/c1-7-14(4)21(23(34)28-15(5)24(35)36)29-22(33)20(13(2)3)27-12-17-11-26-18(30(17)6)9-8-16(25(37)38)10-19(31)32/h11,13-16,20-21,27H,7-10,12H2,1-6H3,(H,28,34)(H,29,33)(H,31,32)(H,35,36)(H,37,38)/t14-,15-,16?,20-,21-/m0/s1. The zero-order chi connectivity index (χ0) is 29.2. The van der Waals surface area contributed by atoms with Gasteiger partial charge in [0.15, 0.2) is 0 Å². The number of carbonyl (C=O) groups is 5. The second-order valence-electron chi connectivity index (χ2n) is 9.94. The first kappa shape index (κ1) is 32.5. The molecule has 0 fully saturated rings. The van der Waals surface area contributed by atoms with Crippen LogP contribution in [0.4, 0.5) is 0 Å². The van der Waals surface area contributed by atoms with Crippen molar-refractivity contribution in [3.05, 3.63) is 17.7 Å². The van der Waals surface area contributed by atoms with Crippen LogP contribution >= 0.6 is 0 Å². The summed E-state index contributed by atoms with van der Waals surface area (Å²) < 4.78 is 1.77. The molecule has 38 heavy (non-hydrogen) atoms. The molecule has 214 valence electrons. The fraction of sp³-hybridized carbons (Fsp3) is 0.680. The Morgan fingerprint density at radius 3 is 2.05 bits per heavy atom. The molecule has 0 aliphatic heterocycles. The Labute approximate surface area is 222 Å². The minimum atomic E-state index is -1.18. The summed E-state index contributed by atoms with van der Waals surface area (Å²) in [4.78, 5) is 63.6. The number of aryl methyl sites for hydroxylation is 1. The molecule has 1 unspecified atom stereocenters. The summed E-state index contributed by atoms with van der Waals surface area (Å²) in [5.74, 6) is -5.30. The van der Waals surface area contributed by atoms with Gasteiger partial charge in [0.05, 0.1) is 24.1 Å². The Morgan fingerprint density at radius 1 is 0.947 bits per heavy atom. The Bertz CT molecular complexity index is 992. The van der Waals surface area contributed by atoms with E-state index in [0.717, 1.165) is 5.69 Å². The first-order valence-electron chi connectivity index (χ1n) is 12.7. The largest absolute Gasteiger partial charge is 0.481 e. The summed E-state index contributed by atoms with van der Waals surface area (Å²) in [6, 6.07) is -2.68. The summed E-state index contributed by atoms with van der Waals surface area (Å²) in [5.41, 5.74) is 0.732. The second kappa shape index (κ2) is 15.1. The van der Waals surface area contributed by atoms with Crippen molar-refractivity contribution in [2.24, 2.45) is 24.8 Å². The molecule has 1 heterocycles. The van der Waals surface area contributed by atoms with E-state index in [2.05, 4.69) is 20.9 Å². The lowest BCUT2D eigenvalue weighted by atomic mass is 9.96. The number of nitrogens with zero attached hydrogens (tertiary/aromatic N) is 2. The summed E-state index contributed by atoms with van der Waals surface area (Å²) in [7, 11) is 1.75. The molecule has 0 radical (unpaired) electrons. The summed E-state index contributed by atoms with van der Waals surface area (Å²) in [6.45, 7) is 8.99. The molecular formula is C25H41N5O8. The van der Waals surface area contributed by atoms with E-state index < -0.39 is 60.2 Å². The van der Waals surface area contributed by atoms with Gasteiger partial charge in [0.1, 0.15) is 17.9 Å². The van der Waals surface area contributed by atoms with Crippen molar-refractivity contribution in [2.75, 3.05) is 0 Å². The van der Waals surface area contributed by atoms with Crippen LogP contribution in [-0.4, -0.2) is 72.7 Å². The van der Waals surface area contributed by atoms with Gasteiger partial charge in [0, 0.05) is 26.2 Å². The number of carboxylic acid groups (broad SMARTS) is 3. The molecule has 6 N–H and O–H groups in total. The highest BCUT2D eigenvalue weighted by Crippen LogP contribution is 2.15. The number of amides is 2. The Morgan fingerprint density at radius 2 is 1.55 bits per heavy atom. The molecule has 1 aromatic heterocycles. The number of aliphatic carboxylic acids is 3. The molecule has 0 bridgehead atoms. The number of hydrogen-bond donors (Lipinski definition) is 6. The van der Waals surface area contributed by atoms with Crippen molar-refractivity contribution in [2.45, 2.75) is 85.0 Å². The highest BCUT2D eigenvalue weighted by molar-refractivity contribution is 5.92. The lowest BCUT2D eigenvalue weighted by molar-refractivity contribution is -0.148. The molecule has 0 aromatic carbocycles. The van der Waals surface area contributed by atoms with Gasteiger partial charge in [-0.2, -0.15) is 0 Å². The molecule has 0 spiro atoms. The van der Waals surface area contributed by atoms with Gasteiger partial charge in [-0.25, -0.2) is 4.98 Å². The third-order valence-corrected chi connectivity index (χ3v) is 6.64. The molecule has 13 nitrogen and oxygen atoms in total. The van der Waals surface area contributed by atoms with Gasteiger partial charge in [-0.05, 0) is 25.2 Å². The van der Waals surface area contributed by atoms with Gasteiger partial charge < -0.3 is 30.5 Å². The maximum Gasteiger partial charge on any atom is 0.325 e. The highest BCUT2D eigenvalue weighted by atomic mass is 16.4. The quantitative estimate of drug-likeness (QED) is 0.164. The van der Waals surface area contributed by atoms with Crippen molar-refractivity contribution in [1.29, 1.82) is 0 Å². The number of hydrogen-bond acceptors (Lipinski definition) is 7. The predicted molar refractivity (Wildman–Crippen MR) is 137 cm³/mol. The highest BCUT2D eigenvalue weighted by Gasteiger charge is 2.31. The molecular weight excluding hydrogens is 498 g/mol. The van der Waals surface area contributed by atoms with E-state index in [1.165, 1.54) is 6.92 Å². The van der Waals surface area contributed by atoms with Crippen molar-refractivity contribution < 1.29 is 39.3 Å². The van der Waals surface area contributed by atoms with E-state index in [1.807, 2.05) is 20.8 Å². The van der Waals surface area contributed by atoms with Gasteiger partial charge in [-0.15, -0.1) is 0 Å². The van der Waals surface area contributed by atoms with Crippen LogP contribution in [0.1, 0.15) is 65.4 Å². The van der Waals surface area contributed by atoms with Gasteiger partial charge in [-0.3, -0.25) is 29.3 Å². The topological polar surface area (TPSA) is 200 Å². The summed E-state index contributed by atoms with van der Waals surface area (Å²) in [6.07, 6.45) is 2.12. The van der Waals surface area contributed by atoms with Gasteiger partial charge in [0.25, 0.3) is 0 Å². The zero-order valence-corrected chi connectivity index (χ0v) is 22.9. The van der Waals surface area contributed by atoms with Crippen LogP contribution in [0.2, 0.25) is 0 Å². The van der Waals surface area contributed by atoms with Crippen molar-refractivity contribution in [3.8, 4) is 0 Å². The maximum absolute atomic E-state index is 13.2. The number of nitrogens with one attached hydrogen (secondary N) is 3. The normalized spacial score (nSPS) is 15.2. The Kier molecular flexibility index (Phi) is 12.9. The van der Waals surface area contributed by atoms with E-state index in [9.17, 15) is 29.1 Å². The van der Waals surface area contributed by atoms with E-state index in [1.54, 1.807) is 24.7 Å². The molecule has 0 aliphatic carbocycles. The van der Waals surface area contributed by atoms with Gasteiger partial charge in [0.2, 0.25) is 11.8 Å². The van der Waals surface area contributed by atoms with Gasteiger partial charge in [-0.1, -0.05) is 34.1 Å². The average molecular weight is 540 g/mol. The molecule has 0 aliphatic rings. The number of carbonyl (C=O) groups excluding carboxylic acids is 2. The van der Waals surface area contributed by atoms with Crippen LogP contribution in [0.5, 0.6) is 0 Å². The van der Waals surface area contributed by atoms with Gasteiger partial charge >= 0.3 is 17.9 Å². The van der Waals surface area contributed by atoms with Crippen molar-refractivity contribution >= 4 is 29.7 Å².